The number of rotatable bonds is 5. The summed E-state index contributed by atoms with van der Waals surface area (Å²) in [6.07, 6.45) is 3.85. The summed E-state index contributed by atoms with van der Waals surface area (Å²) in [7, 11) is 1.98. The van der Waals surface area contributed by atoms with Gasteiger partial charge in [-0.1, -0.05) is 13.8 Å². The van der Waals surface area contributed by atoms with E-state index >= 15 is 0 Å². The third-order valence-electron chi connectivity index (χ3n) is 3.37. The number of imidazole rings is 1. The van der Waals surface area contributed by atoms with Crippen LogP contribution in [0.15, 0.2) is 12.4 Å². The van der Waals surface area contributed by atoms with Crippen LogP contribution >= 0.6 is 0 Å². The van der Waals surface area contributed by atoms with E-state index in [1.165, 1.54) is 11.3 Å². The number of nitrogens with one attached hydrogen (secondary N) is 1. The Hall–Kier alpha value is -1.78. The van der Waals surface area contributed by atoms with E-state index in [9.17, 15) is 0 Å². The van der Waals surface area contributed by atoms with Crippen molar-refractivity contribution >= 4 is 5.95 Å². The molecular weight excluding hydrogens is 238 g/mol. The van der Waals surface area contributed by atoms with Crippen LogP contribution in [0.1, 0.15) is 30.8 Å². The first kappa shape index (κ1) is 13.6. The normalized spacial score (nSPS) is 11.3. The number of nitrogens with zero attached hydrogens (tertiary/aromatic N) is 4. The molecule has 0 radical (unpaired) electrons. The quantitative estimate of drug-likeness (QED) is 0.898. The maximum Gasteiger partial charge on any atom is 0.203 e. The Kier molecular flexibility index (Phi) is 3.93. The van der Waals surface area contributed by atoms with Crippen LogP contribution in [0.3, 0.4) is 0 Å². The summed E-state index contributed by atoms with van der Waals surface area (Å²) in [5, 5.41) is 7.84. The maximum absolute atomic E-state index is 4.46. The smallest absolute Gasteiger partial charge is 0.203 e. The molecule has 2 aromatic heterocycles. The number of anilines is 1. The zero-order chi connectivity index (χ0) is 14.0. The molecule has 5 nitrogen and oxygen atoms in total. The molecule has 19 heavy (non-hydrogen) atoms. The maximum atomic E-state index is 4.46. The summed E-state index contributed by atoms with van der Waals surface area (Å²) in [4.78, 5) is 4.38. The Bertz CT molecular complexity index is 550. The number of aryl methyl sites for hydroxylation is 2. The highest BCUT2D eigenvalue weighted by Crippen LogP contribution is 2.16. The predicted octanol–water partition coefficient (Wildman–Crippen LogP) is 2.35. The lowest BCUT2D eigenvalue weighted by Crippen LogP contribution is -2.13. The van der Waals surface area contributed by atoms with Gasteiger partial charge in [-0.15, -0.1) is 0 Å². The van der Waals surface area contributed by atoms with Crippen molar-refractivity contribution in [3.8, 4) is 0 Å². The van der Waals surface area contributed by atoms with Crippen LogP contribution in [-0.2, 0) is 13.6 Å². The molecule has 0 spiro atoms. The molecule has 0 amide bonds. The number of hydrogen-bond acceptors (Lipinski definition) is 3. The van der Waals surface area contributed by atoms with Gasteiger partial charge < -0.3 is 9.88 Å². The number of aromatic nitrogens is 4. The van der Waals surface area contributed by atoms with Gasteiger partial charge in [0.25, 0.3) is 0 Å². The largest absolute Gasteiger partial charge is 0.355 e. The Morgan fingerprint density at radius 1 is 1.32 bits per heavy atom. The third-order valence-corrected chi connectivity index (χ3v) is 3.37. The highest BCUT2D eigenvalue weighted by atomic mass is 15.3. The second kappa shape index (κ2) is 5.47. The van der Waals surface area contributed by atoms with Crippen molar-refractivity contribution in [2.24, 2.45) is 13.0 Å². The monoisotopic (exact) mass is 261 g/mol. The lowest BCUT2D eigenvalue weighted by atomic mass is 10.2. The molecule has 2 rings (SSSR count). The average molecular weight is 261 g/mol. The SMILES string of the molecule is Cc1nn(C)c(C)c1Cn1ccnc1NCC(C)C. The van der Waals surface area contributed by atoms with Crippen molar-refractivity contribution in [3.05, 3.63) is 29.3 Å². The molecular formula is C14H23N5. The van der Waals surface area contributed by atoms with E-state index in [2.05, 4.69) is 47.7 Å². The lowest BCUT2D eigenvalue weighted by molar-refractivity contribution is 0.675. The summed E-state index contributed by atoms with van der Waals surface area (Å²) in [5.41, 5.74) is 3.57. The van der Waals surface area contributed by atoms with Crippen LogP contribution < -0.4 is 5.32 Å². The van der Waals surface area contributed by atoms with E-state index in [-0.39, 0.29) is 0 Å². The average Bonchev–Trinajstić information content (AvgIpc) is 2.87. The molecule has 0 aliphatic heterocycles. The third kappa shape index (κ3) is 2.97. The minimum absolute atomic E-state index is 0.604. The molecule has 2 heterocycles. The highest BCUT2D eigenvalue weighted by molar-refractivity contribution is 5.30. The molecule has 0 atom stereocenters. The van der Waals surface area contributed by atoms with Crippen molar-refractivity contribution in [1.82, 2.24) is 19.3 Å². The van der Waals surface area contributed by atoms with Gasteiger partial charge in [0.15, 0.2) is 0 Å². The Balaban J connectivity index is 2.17. The van der Waals surface area contributed by atoms with E-state index in [1.54, 1.807) is 0 Å². The minimum Gasteiger partial charge on any atom is -0.355 e. The van der Waals surface area contributed by atoms with E-state index in [0.717, 1.165) is 24.7 Å². The fraction of sp³-hybridized carbons (Fsp3) is 0.571. The van der Waals surface area contributed by atoms with E-state index in [4.69, 9.17) is 0 Å². The van der Waals surface area contributed by atoms with Crippen molar-refractivity contribution in [2.45, 2.75) is 34.2 Å². The first-order valence-electron chi connectivity index (χ1n) is 6.73. The van der Waals surface area contributed by atoms with Gasteiger partial charge in [0.05, 0.1) is 12.2 Å². The van der Waals surface area contributed by atoms with E-state index in [0.29, 0.717) is 5.92 Å². The summed E-state index contributed by atoms with van der Waals surface area (Å²) < 4.78 is 4.07. The van der Waals surface area contributed by atoms with Gasteiger partial charge in [-0.2, -0.15) is 5.10 Å². The molecule has 1 N–H and O–H groups in total. The second-order valence-corrected chi connectivity index (χ2v) is 5.43. The Morgan fingerprint density at radius 2 is 2.05 bits per heavy atom. The second-order valence-electron chi connectivity index (χ2n) is 5.43. The summed E-state index contributed by atoms with van der Waals surface area (Å²) in [6, 6.07) is 0. The summed E-state index contributed by atoms with van der Waals surface area (Å²) in [6.45, 7) is 10.3. The van der Waals surface area contributed by atoms with Crippen LogP contribution in [0.5, 0.6) is 0 Å². The van der Waals surface area contributed by atoms with Crippen LogP contribution in [0.2, 0.25) is 0 Å². The van der Waals surface area contributed by atoms with Gasteiger partial charge in [-0.05, 0) is 19.8 Å². The van der Waals surface area contributed by atoms with Crippen LogP contribution in [0, 0.1) is 19.8 Å². The van der Waals surface area contributed by atoms with Crippen molar-refractivity contribution in [3.63, 3.8) is 0 Å². The molecule has 0 saturated carbocycles. The molecule has 0 aliphatic carbocycles. The van der Waals surface area contributed by atoms with Crippen molar-refractivity contribution < 1.29 is 0 Å². The fourth-order valence-electron chi connectivity index (χ4n) is 2.12. The van der Waals surface area contributed by atoms with Gasteiger partial charge >= 0.3 is 0 Å². The predicted molar refractivity (Wildman–Crippen MR) is 77.3 cm³/mol. The Morgan fingerprint density at radius 3 is 2.63 bits per heavy atom. The molecule has 0 aromatic carbocycles. The minimum atomic E-state index is 0.604. The fourth-order valence-corrected chi connectivity index (χ4v) is 2.12. The zero-order valence-electron chi connectivity index (χ0n) is 12.4. The first-order valence-corrected chi connectivity index (χ1v) is 6.73. The molecule has 0 aliphatic rings. The van der Waals surface area contributed by atoms with Gasteiger partial charge in [0.1, 0.15) is 0 Å². The molecule has 0 fully saturated rings. The Labute approximate surface area is 114 Å². The van der Waals surface area contributed by atoms with Crippen molar-refractivity contribution in [1.29, 1.82) is 0 Å². The van der Waals surface area contributed by atoms with E-state index < -0.39 is 0 Å². The van der Waals surface area contributed by atoms with Crippen LogP contribution in [0.25, 0.3) is 0 Å². The summed E-state index contributed by atoms with van der Waals surface area (Å²) in [5.74, 6) is 1.53. The molecule has 2 aromatic rings. The van der Waals surface area contributed by atoms with Gasteiger partial charge in [-0.3, -0.25) is 4.68 Å². The lowest BCUT2D eigenvalue weighted by Gasteiger charge is -2.11. The van der Waals surface area contributed by atoms with E-state index in [1.807, 2.05) is 24.1 Å². The molecule has 0 bridgehead atoms. The standard InChI is InChI=1S/C14H23N5/c1-10(2)8-16-14-15-6-7-19(14)9-13-11(3)17-18(5)12(13)4/h6-7,10H,8-9H2,1-5H3,(H,15,16). The van der Waals surface area contributed by atoms with Gasteiger partial charge in [0, 0.05) is 37.2 Å². The molecule has 0 unspecified atom stereocenters. The topological polar surface area (TPSA) is 47.7 Å². The molecule has 0 saturated heterocycles. The highest BCUT2D eigenvalue weighted by Gasteiger charge is 2.11. The molecule has 104 valence electrons. The van der Waals surface area contributed by atoms with Crippen molar-refractivity contribution in [2.75, 3.05) is 11.9 Å². The van der Waals surface area contributed by atoms with Crippen LogP contribution in [0.4, 0.5) is 5.95 Å². The van der Waals surface area contributed by atoms with Gasteiger partial charge in [0.2, 0.25) is 5.95 Å². The summed E-state index contributed by atoms with van der Waals surface area (Å²) >= 11 is 0. The van der Waals surface area contributed by atoms with Crippen LogP contribution in [-0.4, -0.2) is 25.9 Å². The molecule has 5 heteroatoms. The van der Waals surface area contributed by atoms with Gasteiger partial charge in [-0.25, -0.2) is 4.98 Å². The zero-order valence-corrected chi connectivity index (χ0v) is 12.4. The first-order chi connectivity index (χ1) is 8.99. The number of hydrogen-bond donors (Lipinski definition) is 1.